The third kappa shape index (κ3) is 5.20. The third-order valence-corrected chi connectivity index (χ3v) is 4.73. The summed E-state index contributed by atoms with van der Waals surface area (Å²) >= 11 is 0. The summed E-state index contributed by atoms with van der Waals surface area (Å²) in [6, 6.07) is 7.93. The van der Waals surface area contributed by atoms with Crippen molar-refractivity contribution in [2.45, 2.75) is 32.8 Å². The number of rotatable bonds is 7. The molecule has 1 fully saturated rings. The van der Waals surface area contributed by atoms with Crippen molar-refractivity contribution < 1.29 is 19.1 Å². The Labute approximate surface area is 185 Å². The van der Waals surface area contributed by atoms with Gasteiger partial charge in [0, 0.05) is 43.6 Å². The second-order valence-electron chi connectivity index (χ2n) is 7.61. The summed E-state index contributed by atoms with van der Waals surface area (Å²) in [5.41, 5.74) is 0.796. The van der Waals surface area contributed by atoms with Gasteiger partial charge in [-0.25, -0.2) is 4.98 Å². The lowest BCUT2D eigenvalue weighted by Crippen LogP contribution is -2.27. The smallest absolute Gasteiger partial charge is 0.257 e. The number of hydrogen-bond donors (Lipinski definition) is 2. The van der Waals surface area contributed by atoms with Crippen molar-refractivity contribution in [1.29, 1.82) is 0 Å². The molecule has 2 N–H and O–H groups in total. The topological polar surface area (TPSA) is 122 Å². The number of aromatic nitrogens is 4. The molecule has 0 aromatic carbocycles. The largest absolute Gasteiger partial charge is 0.475 e. The van der Waals surface area contributed by atoms with Gasteiger partial charge in [-0.15, -0.1) is 0 Å². The van der Waals surface area contributed by atoms with Gasteiger partial charge in [0.1, 0.15) is 5.82 Å². The van der Waals surface area contributed by atoms with Crippen LogP contribution in [-0.2, 0) is 0 Å². The maximum Gasteiger partial charge on any atom is 0.257 e. The lowest BCUT2D eigenvalue weighted by molar-refractivity contribution is 0.0792. The Hall–Kier alpha value is -3.95. The lowest BCUT2D eigenvalue weighted by atomic mass is 10.2. The summed E-state index contributed by atoms with van der Waals surface area (Å²) in [7, 11) is 0. The molecule has 10 nitrogen and oxygen atoms in total. The molecule has 2 amide bonds. The fourth-order valence-electron chi connectivity index (χ4n) is 3.26. The molecule has 10 heteroatoms. The average molecular weight is 436 g/mol. The number of aromatic amines is 1. The SMILES string of the molecule is CC(C)Oc1cc(C(=O)Nc2ccn[nH]2)cc(Oc2ccc(C(=O)N3CCCC3)cn2)n1. The van der Waals surface area contributed by atoms with Crippen LogP contribution in [0.4, 0.5) is 5.82 Å². The number of hydrogen-bond acceptors (Lipinski definition) is 7. The van der Waals surface area contributed by atoms with Crippen LogP contribution in [0.2, 0.25) is 0 Å². The Kier molecular flexibility index (Phi) is 6.29. The highest BCUT2D eigenvalue weighted by atomic mass is 16.5. The van der Waals surface area contributed by atoms with Gasteiger partial charge in [-0.3, -0.25) is 14.7 Å². The molecule has 3 aromatic heterocycles. The quantitative estimate of drug-likeness (QED) is 0.583. The molecule has 0 radical (unpaired) electrons. The summed E-state index contributed by atoms with van der Waals surface area (Å²) < 4.78 is 11.4. The second kappa shape index (κ2) is 9.46. The molecule has 32 heavy (non-hydrogen) atoms. The zero-order valence-electron chi connectivity index (χ0n) is 17.9. The Morgan fingerprint density at radius 1 is 1.06 bits per heavy atom. The van der Waals surface area contributed by atoms with E-state index in [1.165, 1.54) is 24.5 Å². The number of nitrogens with zero attached hydrogens (tertiary/aromatic N) is 4. The fraction of sp³-hybridized carbons (Fsp3) is 0.318. The molecule has 0 spiro atoms. The fourth-order valence-corrected chi connectivity index (χ4v) is 3.26. The maximum atomic E-state index is 12.6. The van der Waals surface area contributed by atoms with E-state index >= 15 is 0 Å². The molecule has 1 aliphatic heterocycles. The second-order valence-corrected chi connectivity index (χ2v) is 7.61. The van der Waals surface area contributed by atoms with Crippen LogP contribution in [0.3, 0.4) is 0 Å². The minimum absolute atomic E-state index is 0.0373. The summed E-state index contributed by atoms with van der Waals surface area (Å²) in [5.74, 6) is 0.675. The molecule has 1 aliphatic rings. The Morgan fingerprint density at radius 3 is 2.50 bits per heavy atom. The third-order valence-electron chi connectivity index (χ3n) is 4.73. The highest BCUT2D eigenvalue weighted by molar-refractivity contribution is 6.04. The van der Waals surface area contributed by atoms with E-state index < -0.39 is 0 Å². The van der Waals surface area contributed by atoms with E-state index in [9.17, 15) is 9.59 Å². The van der Waals surface area contributed by atoms with Crippen LogP contribution in [0.15, 0.2) is 42.7 Å². The average Bonchev–Trinajstić information content (AvgIpc) is 3.47. The van der Waals surface area contributed by atoms with Crippen LogP contribution in [0.25, 0.3) is 0 Å². The van der Waals surface area contributed by atoms with Crippen LogP contribution in [0.1, 0.15) is 47.4 Å². The molecule has 3 aromatic rings. The summed E-state index contributed by atoms with van der Waals surface area (Å²) in [6.07, 6.45) is 4.92. The number of nitrogens with one attached hydrogen (secondary N) is 2. The lowest BCUT2D eigenvalue weighted by Gasteiger charge is -2.15. The van der Waals surface area contributed by atoms with Crippen LogP contribution in [0.5, 0.6) is 17.6 Å². The van der Waals surface area contributed by atoms with Crippen LogP contribution in [0, 0.1) is 0 Å². The zero-order chi connectivity index (χ0) is 22.5. The van der Waals surface area contributed by atoms with E-state index in [2.05, 4.69) is 25.5 Å². The highest BCUT2D eigenvalue weighted by Crippen LogP contribution is 2.24. The van der Waals surface area contributed by atoms with Gasteiger partial charge in [-0.2, -0.15) is 10.1 Å². The van der Waals surface area contributed by atoms with E-state index in [0.717, 1.165) is 25.9 Å². The van der Waals surface area contributed by atoms with E-state index in [0.29, 0.717) is 16.9 Å². The molecule has 0 saturated carbocycles. The minimum Gasteiger partial charge on any atom is -0.475 e. The van der Waals surface area contributed by atoms with Crippen LogP contribution in [-0.4, -0.2) is 56.1 Å². The van der Waals surface area contributed by atoms with Crippen molar-refractivity contribution in [2.24, 2.45) is 0 Å². The van der Waals surface area contributed by atoms with Gasteiger partial charge >= 0.3 is 0 Å². The molecule has 4 heterocycles. The summed E-state index contributed by atoms with van der Waals surface area (Å²) in [4.78, 5) is 35.5. The number of carbonyl (C=O) groups excluding carboxylic acids is 2. The number of pyridine rings is 2. The van der Waals surface area contributed by atoms with E-state index in [-0.39, 0.29) is 35.6 Å². The van der Waals surface area contributed by atoms with Gasteiger partial charge in [-0.05, 0) is 32.8 Å². The molecule has 0 atom stereocenters. The van der Waals surface area contributed by atoms with Crippen molar-refractivity contribution in [3.63, 3.8) is 0 Å². The maximum absolute atomic E-state index is 12.6. The van der Waals surface area contributed by atoms with Gasteiger partial charge < -0.3 is 19.7 Å². The van der Waals surface area contributed by atoms with Gasteiger partial charge in [-0.1, -0.05) is 0 Å². The molecule has 0 unspecified atom stereocenters. The predicted octanol–water partition coefficient (Wildman–Crippen LogP) is 3.27. The van der Waals surface area contributed by atoms with Gasteiger partial charge in [0.15, 0.2) is 0 Å². The van der Waals surface area contributed by atoms with Gasteiger partial charge in [0.05, 0.1) is 23.4 Å². The first-order valence-corrected chi connectivity index (χ1v) is 10.4. The molecular formula is C22H24N6O4. The summed E-state index contributed by atoms with van der Waals surface area (Å²) in [6.45, 7) is 5.26. The van der Waals surface area contributed by atoms with Crippen LogP contribution < -0.4 is 14.8 Å². The number of carbonyl (C=O) groups is 2. The Morgan fingerprint density at radius 2 is 1.84 bits per heavy atom. The molecule has 4 rings (SSSR count). The zero-order valence-corrected chi connectivity index (χ0v) is 17.9. The van der Waals surface area contributed by atoms with Crippen molar-refractivity contribution in [3.8, 4) is 17.6 Å². The van der Waals surface area contributed by atoms with E-state index in [1.807, 2.05) is 18.7 Å². The standard InChI is InChI=1S/C22H24N6O4/c1-14(2)31-19-11-16(21(29)25-17-7-8-24-27-17)12-20(26-19)32-18-6-5-15(13-23-18)22(30)28-9-3-4-10-28/h5-8,11-14H,3-4,9-10H2,1-2H3,(H2,24,25,27,29). The first-order chi connectivity index (χ1) is 15.5. The first kappa shape index (κ1) is 21.3. The molecule has 0 bridgehead atoms. The Bertz CT molecular complexity index is 1080. The molecular weight excluding hydrogens is 412 g/mol. The normalized spacial score (nSPS) is 13.3. The van der Waals surface area contributed by atoms with Crippen LogP contribution >= 0.6 is 0 Å². The van der Waals surface area contributed by atoms with Gasteiger partial charge in [0.2, 0.25) is 17.6 Å². The number of H-pyrrole nitrogens is 1. The van der Waals surface area contributed by atoms with Crippen molar-refractivity contribution in [1.82, 2.24) is 25.1 Å². The minimum atomic E-state index is -0.380. The molecule has 166 valence electrons. The number of amides is 2. The molecule has 1 saturated heterocycles. The van der Waals surface area contributed by atoms with Crippen molar-refractivity contribution in [3.05, 3.63) is 53.9 Å². The van der Waals surface area contributed by atoms with Gasteiger partial charge in [0.25, 0.3) is 11.8 Å². The number of anilines is 1. The Balaban J connectivity index is 1.52. The summed E-state index contributed by atoms with van der Waals surface area (Å²) in [5, 5.41) is 9.18. The van der Waals surface area contributed by atoms with Crippen molar-refractivity contribution >= 4 is 17.6 Å². The highest BCUT2D eigenvalue weighted by Gasteiger charge is 2.20. The van der Waals surface area contributed by atoms with E-state index in [4.69, 9.17) is 9.47 Å². The van der Waals surface area contributed by atoms with Crippen molar-refractivity contribution in [2.75, 3.05) is 18.4 Å². The number of likely N-dealkylation sites (tertiary alicyclic amines) is 1. The predicted molar refractivity (Wildman–Crippen MR) is 116 cm³/mol. The van der Waals surface area contributed by atoms with E-state index in [1.54, 1.807) is 18.2 Å². The number of ether oxygens (including phenoxy) is 2. The molecule has 0 aliphatic carbocycles. The first-order valence-electron chi connectivity index (χ1n) is 10.4. The monoisotopic (exact) mass is 436 g/mol.